The van der Waals surface area contributed by atoms with Gasteiger partial charge in [-0.1, -0.05) is 20.3 Å². The van der Waals surface area contributed by atoms with Gasteiger partial charge in [-0.25, -0.2) is 4.98 Å². The lowest BCUT2D eigenvalue weighted by molar-refractivity contribution is 0.229. The van der Waals surface area contributed by atoms with Gasteiger partial charge in [0.2, 0.25) is 5.95 Å². The molecule has 0 spiro atoms. The number of anilines is 2. The molecule has 94 valence electrons. The molecule has 1 unspecified atom stereocenters. The van der Waals surface area contributed by atoms with Crippen LogP contribution in [0.25, 0.3) is 0 Å². The van der Waals surface area contributed by atoms with Crippen molar-refractivity contribution < 1.29 is 0 Å². The highest BCUT2D eigenvalue weighted by Gasteiger charge is 2.28. The summed E-state index contributed by atoms with van der Waals surface area (Å²) in [5, 5.41) is 3.39. The van der Waals surface area contributed by atoms with Crippen molar-refractivity contribution in [2.24, 2.45) is 5.41 Å². The van der Waals surface area contributed by atoms with E-state index < -0.39 is 0 Å². The maximum absolute atomic E-state index is 5.70. The zero-order valence-electron chi connectivity index (χ0n) is 10.3. The fourth-order valence-corrected chi connectivity index (χ4v) is 2.91. The smallest absolute Gasteiger partial charge is 0.225 e. The molecule has 17 heavy (non-hydrogen) atoms. The Morgan fingerprint density at radius 3 is 2.88 bits per heavy atom. The molecular formula is C12H19BrN4. The molecule has 1 fully saturated rings. The van der Waals surface area contributed by atoms with E-state index in [4.69, 9.17) is 5.73 Å². The number of nitrogens with zero attached hydrogens (tertiary/aromatic N) is 2. The van der Waals surface area contributed by atoms with Gasteiger partial charge >= 0.3 is 0 Å². The molecule has 4 nitrogen and oxygen atoms in total. The van der Waals surface area contributed by atoms with Crippen molar-refractivity contribution in [2.45, 2.75) is 45.6 Å². The molecule has 1 heterocycles. The minimum Gasteiger partial charge on any atom is -0.383 e. The third-order valence-electron chi connectivity index (χ3n) is 3.25. The summed E-state index contributed by atoms with van der Waals surface area (Å²) in [6.45, 7) is 4.63. The van der Waals surface area contributed by atoms with Crippen LogP contribution in [-0.4, -0.2) is 16.0 Å². The van der Waals surface area contributed by atoms with E-state index in [1.54, 1.807) is 6.07 Å². The Hall–Kier alpha value is -0.840. The van der Waals surface area contributed by atoms with Crippen LogP contribution in [0.15, 0.2) is 10.7 Å². The summed E-state index contributed by atoms with van der Waals surface area (Å²) in [6.07, 6.45) is 4.89. The fraction of sp³-hybridized carbons (Fsp3) is 0.667. The topological polar surface area (TPSA) is 63.8 Å². The van der Waals surface area contributed by atoms with E-state index in [-0.39, 0.29) is 0 Å². The highest BCUT2D eigenvalue weighted by atomic mass is 79.9. The van der Waals surface area contributed by atoms with Gasteiger partial charge in [-0.05, 0) is 40.6 Å². The third kappa shape index (κ3) is 3.56. The minimum atomic E-state index is 0.410. The Morgan fingerprint density at radius 1 is 1.47 bits per heavy atom. The number of aromatic nitrogens is 2. The normalized spacial score (nSPS) is 23.4. The van der Waals surface area contributed by atoms with Gasteiger partial charge in [0.1, 0.15) is 10.4 Å². The van der Waals surface area contributed by atoms with Crippen LogP contribution in [0.4, 0.5) is 11.8 Å². The van der Waals surface area contributed by atoms with Crippen LogP contribution in [0, 0.1) is 5.41 Å². The lowest BCUT2D eigenvalue weighted by atomic mass is 9.75. The van der Waals surface area contributed by atoms with Crippen molar-refractivity contribution >= 4 is 27.7 Å². The van der Waals surface area contributed by atoms with Crippen molar-refractivity contribution in [3.05, 3.63) is 10.7 Å². The quantitative estimate of drug-likeness (QED) is 0.823. The van der Waals surface area contributed by atoms with E-state index in [9.17, 15) is 0 Å². The summed E-state index contributed by atoms with van der Waals surface area (Å²) < 4.78 is 0.725. The molecule has 0 radical (unpaired) electrons. The van der Waals surface area contributed by atoms with E-state index in [2.05, 4.69) is 45.1 Å². The van der Waals surface area contributed by atoms with Gasteiger partial charge in [0.05, 0.1) is 0 Å². The van der Waals surface area contributed by atoms with Crippen molar-refractivity contribution in [3.8, 4) is 0 Å². The summed E-state index contributed by atoms with van der Waals surface area (Å²) in [7, 11) is 0. The van der Waals surface area contributed by atoms with Gasteiger partial charge in [0.25, 0.3) is 0 Å². The lowest BCUT2D eigenvalue weighted by Gasteiger charge is -2.35. The van der Waals surface area contributed by atoms with E-state index in [0.29, 0.717) is 23.2 Å². The second kappa shape index (κ2) is 4.80. The average Bonchev–Trinajstić information content (AvgIpc) is 2.13. The maximum Gasteiger partial charge on any atom is 0.225 e. The molecule has 1 aliphatic carbocycles. The van der Waals surface area contributed by atoms with Gasteiger partial charge in [-0.15, -0.1) is 0 Å². The zero-order chi connectivity index (χ0) is 12.5. The van der Waals surface area contributed by atoms with E-state index >= 15 is 0 Å². The Balaban J connectivity index is 2.05. The third-order valence-corrected chi connectivity index (χ3v) is 3.66. The molecule has 0 amide bonds. The van der Waals surface area contributed by atoms with Gasteiger partial charge in [0, 0.05) is 12.1 Å². The number of halogens is 1. The lowest BCUT2D eigenvalue weighted by Crippen LogP contribution is -2.32. The molecule has 1 saturated carbocycles. The molecule has 0 aromatic carbocycles. The summed E-state index contributed by atoms with van der Waals surface area (Å²) >= 11 is 3.33. The first kappa shape index (κ1) is 12.6. The zero-order valence-corrected chi connectivity index (χ0v) is 11.9. The van der Waals surface area contributed by atoms with Gasteiger partial charge in [-0.3, -0.25) is 0 Å². The summed E-state index contributed by atoms with van der Waals surface area (Å²) in [4.78, 5) is 8.49. The highest BCUT2D eigenvalue weighted by Crippen LogP contribution is 2.36. The SMILES string of the molecule is CC1(C)CCCC(Nc2nc(N)cc(Br)n2)C1. The second-order valence-corrected chi connectivity index (χ2v) is 6.35. The maximum atomic E-state index is 5.70. The van der Waals surface area contributed by atoms with Crippen LogP contribution in [-0.2, 0) is 0 Å². The molecule has 1 atom stereocenters. The first-order valence-corrected chi connectivity index (χ1v) is 6.80. The molecule has 0 bridgehead atoms. The largest absolute Gasteiger partial charge is 0.383 e. The first-order chi connectivity index (χ1) is 7.94. The van der Waals surface area contributed by atoms with E-state index in [0.717, 1.165) is 11.0 Å². The number of hydrogen-bond acceptors (Lipinski definition) is 4. The standard InChI is InChI=1S/C12H19BrN4/c1-12(2)5-3-4-8(7-12)15-11-16-9(13)6-10(14)17-11/h6,8H,3-5,7H2,1-2H3,(H3,14,15,16,17). The van der Waals surface area contributed by atoms with Gasteiger partial charge in [-0.2, -0.15) is 4.98 Å². The van der Waals surface area contributed by atoms with Crippen LogP contribution in [0.3, 0.4) is 0 Å². The molecule has 2 rings (SSSR count). The summed E-state index contributed by atoms with van der Waals surface area (Å²) in [5.41, 5.74) is 6.11. The molecule has 1 aromatic heterocycles. The van der Waals surface area contributed by atoms with Crippen LogP contribution in [0.2, 0.25) is 0 Å². The first-order valence-electron chi connectivity index (χ1n) is 6.01. The number of nitrogen functional groups attached to an aromatic ring is 1. The summed E-state index contributed by atoms with van der Waals surface area (Å²) in [5.74, 6) is 1.11. The van der Waals surface area contributed by atoms with Crippen LogP contribution < -0.4 is 11.1 Å². The fourth-order valence-electron chi connectivity index (χ4n) is 2.50. The Kier molecular flexibility index (Phi) is 3.56. The highest BCUT2D eigenvalue weighted by molar-refractivity contribution is 9.10. The average molecular weight is 299 g/mol. The molecule has 0 saturated heterocycles. The Morgan fingerprint density at radius 2 is 2.24 bits per heavy atom. The molecule has 0 aliphatic heterocycles. The number of rotatable bonds is 2. The predicted octanol–water partition coefficient (Wildman–Crippen LogP) is 3.20. The number of nitrogens with two attached hydrogens (primary N) is 1. The van der Waals surface area contributed by atoms with Crippen LogP contribution in [0.5, 0.6) is 0 Å². The van der Waals surface area contributed by atoms with E-state index in [1.165, 1.54) is 19.3 Å². The van der Waals surface area contributed by atoms with Crippen molar-refractivity contribution in [1.82, 2.24) is 9.97 Å². The molecular weight excluding hydrogens is 280 g/mol. The number of hydrogen-bond donors (Lipinski definition) is 2. The van der Waals surface area contributed by atoms with Crippen molar-refractivity contribution in [1.29, 1.82) is 0 Å². The predicted molar refractivity (Wildman–Crippen MR) is 73.8 cm³/mol. The van der Waals surface area contributed by atoms with Crippen molar-refractivity contribution in [3.63, 3.8) is 0 Å². The Labute approximate surface area is 111 Å². The van der Waals surface area contributed by atoms with Gasteiger partial charge < -0.3 is 11.1 Å². The van der Waals surface area contributed by atoms with Gasteiger partial charge in [0.15, 0.2) is 0 Å². The minimum absolute atomic E-state index is 0.410. The summed E-state index contributed by atoms with van der Waals surface area (Å²) in [6, 6.07) is 2.16. The monoisotopic (exact) mass is 298 g/mol. The van der Waals surface area contributed by atoms with Crippen LogP contribution in [0.1, 0.15) is 39.5 Å². The molecule has 5 heteroatoms. The van der Waals surface area contributed by atoms with Crippen LogP contribution >= 0.6 is 15.9 Å². The molecule has 1 aromatic rings. The van der Waals surface area contributed by atoms with Crippen molar-refractivity contribution in [2.75, 3.05) is 11.1 Å². The Bertz CT molecular complexity index is 385. The second-order valence-electron chi connectivity index (χ2n) is 5.54. The molecule has 1 aliphatic rings. The number of nitrogens with one attached hydrogen (secondary N) is 1. The molecule has 3 N–H and O–H groups in total. The van der Waals surface area contributed by atoms with E-state index in [1.807, 2.05) is 0 Å².